The molecule has 6 nitrogen and oxygen atoms in total. The number of hydrogen-bond donors (Lipinski definition) is 2. The molecule has 2 amide bonds. The molecule has 0 aliphatic carbocycles. The number of halogens is 1. The maximum Gasteiger partial charge on any atom is 0.229 e. The number of nitrogens with zero attached hydrogens (tertiary/aromatic N) is 2. The van der Waals surface area contributed by atoms with Crippen LogP contribution in [-0.2, 0) is 16.0 Å². The Morgan fingerprint density at radius 1 is 1.22 bits per heavy atom. The summed E-state index contributed by atoms with van der Waals surface area (Å²) in [6, 6.07) is 14.5. The van der Waals surface area contributed by atoms with E-state index < -0.39 is 11.7 Å². The van der Waals surface area contributed by atoms with Gasteiger partial charge in [-0.1, -0.05) is 36.4 Å². The normalized spacial score (nSPS) is 16.9. The van der Waals surface area contributed by atoms with Crippen molar-refractivity contribution in [1.29, 1.82) is 0 Å². The van der Waals surface area contributed by atoms with Crippen molar-refractivity contribution in [3.05, 3.63) is 59.9 Å². The van der Waals surface area contributed by atoms with Gasteiger partial charge >= 0.3 is 0 Å². The molecule has 0 spiro atoms. The average Bonchev–Trinajstić information content (AvgIpc) is 3.27. The van der Waals surface area contributed by atoms with Crippen molar-refractivity contribution in [3.8, 4) is 0 Å². The van der Waals surface area contributed by atoms with Crippen LogP contribution in [0.3, 0.4) is 0 Å². The minimum Gasteiger partial charge on any atom is -0.355 e. The van der Waals surface area contributed by atoms with E-state index in [1.54, 1.807) is 12.1 Å². The van der Waals surface area contributed by atoms with Crippen molar-refractivity contribution in [2.75, 3.05) is 18.0 Å². The molecule has 1 aliphatic rings. The van der Waals surface area contributed by atoms with Gasteiger partial charge in [-0.25, -0.2) is 4.39 Å². The number of anilines is 1. The number of H-pyrrole nitrogens is 1. The molecule has 7 heteroatoms. The maximum atomic E-state index is 14.2. The van der Waals surface area contributed by atoms with Crippen molar-refractivity contribution in [3.63, 3.8) is 0 Å². The standard InChI is InChI=1S/C20H19FN4O2/c21-15-7-4-8-16-18(15)19(24-23-16)25-12-14(11-17(25)26)20(27)22-10-9-13-5-2-1-3-6-13/h1-8,14H,9-12H2,(H,22,27)(H,23,24). The first kappa shape index (κ1) is 17.2. The topological polar surface area (TPSA) is 78.1 Å². The predicted molar refractivity (Wildman–Crippen MR) is 99.7 cm³/mol. The Morgan fingerprint density at radius 2 is 2.04 bits per heavy atom. The number of amides is 2. The number of carbonyl (C=O) groups is 2. The molecule has 2 N–H and O–H groups in total. The highest BCUT2D eigenvalue weighted by Crippen LogP contribution is 2.31. The fourth-order valence-corrected chi connectivity index (χ4v) is 3.42. The first-order valence-electron chi connectivity index (χ1n) is 8.88. The quantitative estimate of drug-likeness (QED) is 0.728. The van der Waals surface area contributed by atoms with E-state index >= 15 is 0 Å². The third-order valence-corrected chi connectivity index (χ3v) is 4.83. The third-order valence-electron chi connectivity index (χ3n) is 4.83. The van der Waals surface area contributed by atoms with Crippen molar-refractivity contribution >= 4 is 28.5 Å². The molecule has 1 saturated heterocycles. The Hall–Kier alpha value is -3.22. The van der Waals surface area contributed by atoms with Crippen molar-refractivity contribution < 1.29 is 14.0 Å². The van der Waals surface area contributed by atoms with E-state index in [-0.39, 0.29) is 36.0 Å². The summed E-state index contributed by atoms with van der Waals surface area (Å²) in [5, 5.41) is 9.99. The molecule has 3 aromatic rings. The van der Waals surface area contributed by atoms with Gasteiger partial charge in [0.05, 0.1) is 16.8 Å². The molecule has 0 radical (unpaired) electrons. The molecular formula is C20H19FN4O2. The highest BCUT2D eigenvalue weighted by atomic mass is 19.1. The van der Waals surface area contributed by atoms with Gasteiger partial charge in [-0.3, -0.25) is 19.6 Å². The van der Waals surface area contributed by atoms with Gasteiger partial charge in [0, 0.05) is 19.5 Å². The lowest BCUT2D eigenvalue weighted by Gasteiger charge is -2.14. The molecule has 2 heterocycles. The molecule has 138 valence electrons. The third kappa shape index (κ3) is 3.40. The minimum absolute atomic E-state index is 0.0972. The summed E-state index contributed by atoms with van der Waals surface area (Å²) >= 11 is 0. The van der Waals surface area contributed by atoms with Gasteiger partial charge in [0.1, 0.15) is 5.82 Å². The molecule has 1 atom stereocenters. The highest BCUT2D eigenvalue weighted by Gasteiger charge is 2.37. The Kier molecular flexibility index (Phi) is 4.58. The molecule has 1 fully saturated rings. The fourth-order valence-electron chi connectivity index (χ4n) is 3.42. The summed E-state index contributed by atoms with van der Waals surface area (Å²) in [5.74, 6) is -1.06. The Morgan fingerprint density at radius 3 is 2.85 bits per heavy atom. The average molecular weight is 366 g/mol. The van der Waals surface area contributed by atoms with Crippen molar-refractivity contribution in [2.24, 2.45) is 5.92 Å². The van der Waals surface area contributed by atoms with Crippen LogP contribution in [0, 0.1) is 11.7 Å². The van der Waals surface area contributed by atoms with Crippen LogP contribution in [0.2, 0.25) is 0 Å². The predicted octanol–water partition coefficient (Wildman–Crippen LogP) is 2.41. The molecule has 4 rings (SSSR count). The molecule has 0 bridgehead atoms. The van der Waals surface area contributed by atoms with Gasteiger partial charge in [-0.2, -0.15) is 5.10 Å². The second-order valence-electron chi connectivity index (χ2n) is 6.64. The molecule has 2 aromatic carbocycles. The van der Waals surface area contributed by atoms with Crippen LogP contribution in [0.4, 0.5) is 10.2 Å². The first-order chi connectivity index (χ1) is 13.1. The van der Waals surface area contributed by atoms with Gasteiger partial charge in [-0.15, -0.1) is 0 Å². The van der Waals surface area contributed by atoms with Gasteiger partial charge < -0.3 is 5.32 Å². The van der Waals surface area contributed by atoms with E-state index in [1.165, 1.54) is 11.0 Å². The largest absolute Gasteiger partial charge is 0.355 e. The van der Waals surface area contributed by atoms with E-state index in [4.69, 9.17) is 0 Å². The molecule has 27 heavy (non-hydrogen) atoms. The van der Waals surface area contributed by atoms with E-state index in [9.17, 15) is 14.0 Å². The molecular weight excluding hydrogens is 347 g/mol. The van der Waals surface area contributed by atoms with Gasteiger partial charge in [0.25, 0.3) is 0 Å². The highest BCUT2D eigenvalue weighted by molar-refractivity contribution is 6.05. The summed E-state index contributed by atoms with van der Waals surface area (Å²) in [6.45, 7) is 0.706. The van der Waals surface area contributed by atoms with Crippen LogP contribution < -0.4 is 10.2 Å². The number of aromatic amines is 1. The number of rotatable bonds is 5. The lowest BCUT2D eigenvalue weighted by atomic mass is 10.1. The summed E-state index contributed by atoms with van der Waals surface area (Å²) in [4.78, 5) is 26.2. The monoisotopic (exact) mass is 366 g/mol. The molecule has 1 aromatic heterocycles. The summed E-state index contributed by atoms with van der Waals surface area (Å²) in [5.41, 5.74) is 1.66. The van der Waals surface area contributed by atoms with Crippen LogP contribution in [0.25, 0.3) is 10.9 Å². The van der Waals surface area contributed by atoms with Gasteiger partial charge in [-0.05, 0) is 24.1 Å². The smallest absolute Gasteiger partial charge is 0.229 e. The number of carbonyl (C=O) groups excluding carboxylic acids is 2. The van der Waals surface area contributed by atoms with Crippen LogP contribution in [0.1, 0.15) is 12.0 Å². The zero-order valence-corrected chi connectivity index (χ0v) is 14.6. The van der Waals surface area contributed by atoms with Gasteiger partial charge in [0.15, 0.2) is 5.82 Å². The van der Waals surface area contributed by atoms with Crippen molar-refractivity contribution in [2.45, 2.75) is 12.8 Å². The minimum atomic E-state index is -0.466. The second kappa shape index (κ2) is 7.19. The summed E-state index contributed by atoms with van der Waals surface area (Å²) in [7, 11) is 0. The number of benzene rings is 2. The van der Waals surface area contributed by atoms with Crippen LogP contribution >= 0.6 is 0 Å². The first-order valence-corrected chi connectivity index (χ1v) is 8.88. The van der Waals surface area contributed by atoms with E-state index in [0.717, 1.165) is 12.0 Å². The lowest BCUT2D eigenvalue weighted by Crippen LogP contribution is -2.34. The fraction of sp³-hybridized carbons (Fsp3) is 0.250. The van der Waals surface area contributed by atoms with E-state index in [2.05, 4.69) is 15.5 Å². The van der Waals surface area contributed by atoms with Crippen LogP contribution in [0.15, 0.2) is 48.5 Å². The zero-order chi connectivity index (χ0) is 18.8. The number of fused-ring (bicyclic) bond motifs is 1. The zero-order valence-electron chi connectivity index (χ0n) is 14.6. The van der Waals surface area contributed by atoms with E-state index in [0.29, 0.717) is 12.1 Å². The Balaban J connectivity index is 1.42. The van der Waals surface area contributed by atoms with Crippen molar-refractivity contribution in [1.82, 2.24) is 15.5 Å². The number of nitrogens with one attached hydrogen (secondary N) is 2. The summed E-state index contributed by atoms with van der Waals surface area (Å²) in [6.07, 6.45) is 0.826. The van der Waals surface area contributed by atoms with E-state index in [1.807, 2.05) is 30.3 Å². The summed E-state index contributed by atoms with van der Waals surface area (Å²) < 4.78 is 14.2. The Bertz CT molecular complexity index is 986. The SMILES string of the molecule is O=C(NCCc1ccccc1)C1CC(=O)N(c2n[nH]c3cccc(F)c23)C1. The molecule has 1 aliphatic heterocycles. The maximum absolute atomic E-state index is 14.2. The number of hydrogen-bond acceptors (Lipinski definition) is 3. The lowest BCUT2D eigenvalue weighted by molar-refractivity contribution is -0.126. The molecule has 1 unspecified atom stereocenters. The molecule has 0 saturated carbocycles. The number of aromatic nitrogens is 2. The van der Waals surface area contributed by atoms with Crippen LogP contribution in [-0.4, -0.2) is 35.1 Å². The second-order valence-corrected chi connectivity index (χ2v) is 6.64. The van der Waals surface area contributed by atoms with Crippen LogP contribution in [0.5, 0.6) is 0 Å². The Labute approximate surface area is 155 Å². The van der Waals surface area contributed by atoms with Gasteiger partial charge in [0.2, 0.25) is 11.8 Å².